The van der Waals surface area contributed by atoms with Crippen LogP contribution in [-0.2, 0) is 6.42 Å². The lowest BCUT2D eigenvalue weighted by molar-refractivity contribution is 0.500. The first-order valence-corrected chi connectivity index (χ1v) is 6.04. The van der Waals surface area contributed by atoms with Crippen molar-refractivity contribution in [2.75, 3.05) is 20.1 Å². The minimum atomic E-state index is 0.837. The molecule has 78 valence electrons. The van der Waals surface area contributed by atoms with Gasteiger partial charge in [-0.25, -0.2) is 0 Å². The predicted octanol–water partition coefficient (Wildman–Crippen LogP) is 2.12. The SMILES string of the molecule is CCNC(=S)N(C)CCc1cccs1. The van der Waals surface area contributed by atoms with Gasteiger partial charge in [-0.1, -0.05) is 6.07 Å². The number of thiocarbonyl (C=S) groups is 1. The molecule has 4 heteroatoms. The summed E-state index contributed by atoms with van der Waals surface area (Å²) in [4.78, 5) is 3.49. The van der Waals surface area contributed by atoms with Crippen LogP contribution in [0, 0.1) is 0 Å². The van der Waals surface area contributed by atoms with Crippen LogP contribution in [0.25, 0.3) is 0 Å². The Morgan fingerprint density at radius 2 is 2.43 bits per heavy atom. The molecule has 0 atom stereocenters. The second-order valence-corrected chi connectivity index (χ2v) is 4.51. The highest BCUT2D eigenvalue weighted by atomic mass is 32.1. The highest BCUT2D eigenvalue weighted by Gasteiger charge is 2.02. The Bertz CT molecular complexity index is 270. The Morgan fingerprint density at radius 1 is 1.64 bits per heavy atom. The molecular weight excluding hydrogens is 212 g/mol. The van der Waals surface area contributed by atoms with Gasteiger partial charge in [0.25, 0.3) is 0 Å². The molecule has 0 saturated heterocycles. The lowest BCUT2D eigenvalue weighted by atomic mass is 10.3. The van der Waals surface area contributed by atoms with Crippen molar-refractivity contribution in [3.05, 3.63) is 22.4 Å². The van der Waals surface area contributed by atoms with Gasteiger partial charge >= 0.3 is 0 Å². The second-order valence-electron chi connectivity index (χ2n) is 3.09. The van der Waals surface area contributed by atoms with Gasteiger partial charge in [-0.05, 0) is 37.0 Å². The summed E-state index contributed by atoms with van der Waals surface area (Å²) in [6, 6.07) is 4.25. The molecule has 0 aromatic carbocycles. The fraction of sp³-hybridized carbons (Fsp3) is 0.500. The third-order valence-electron chi connectivity index (χ3n) is 1.95. The summed E-state index contributed by atoms with van der Waals surface area (Å²) in [5.41, 5.74) is 0. The van der Waals surface area contributed by atoms with Gasteiger partial charge in [-0.3, -0.25) is 0 Å². The number of hydrogen-bond donors (Lipinski definition) is 1. The fourth-order valence-electron chi connectivity index (χ4n) is 1.12. The Labute approximate surface area is 94.9 Å². The average Bonchev–Trinajstić information content (AvgIpc) is 2.67. The van der Waals surface area contributed by atoms with Gasteiger partial charge in [-0.2, -0.15) is 0 Å². The quantitative estimate of drug-likeness (QED) is 0.795. The van der Waals surface area contributed by atoms with Gasteiger partial charge in [0.05, 0.1) is 0 Å². The van der Waals surface area contributed by atoms with E-state index in [1.54, 1.807) is 11.3 Å². The molecule has 0 spiro atoms. The van der Waals surface area contributed by atoms with Crippen molar-refractivity contribution < 1.29 is 0 Å². The highest BCUT2D eigenvalue weighted by molar-refractivity contribution is 7.80. The van der Waals surface area contributed by atoms with E-state index in [1.165, 1.54) is 4.88 Å². The smallest absolute Gasteiger partial charge is 0.168 e. The average molecular weight is 228 g/mol. The van der Waals surface area contributed by atoms with Gasteiger partial charge in [0.2, 0.25) is 0 Å². The van der Waals surface area contributed by atoms with Crippen LogP contribution in [0.3, 0.4) is 0 Å². The molecule has 0 aliphatic heterocycles. The number of rotatable bonds is 4. The van der Waals surface area contributed by atoms with Crippen LogP contribution in [0.5, 0.6) is 0 Å². The largest absolute Gasteiger partial charge is 0.363 e. The molecule has 0 aliphatic rings. The molecule has 1 aromatic rings. The minimum absolute atomic E-state index is 0.837. The minimum Gasteiger partial charge on any atom is -0.363 e. The van der Waals surface area contributed by atoms with Crippen molar-refractivity contribution in [3.8, 4) is 0 Å². The van der Waals surface area contributed by atoms with Crippen molar-refractivity contribution in [2.24, 2.45) is 0 Å². The Morgan fingerprint density at radius 3 is 3.00 bits per heavy atom. The molecule has 0 saturated carbocycles. The predicted molar refractivity (Wildman–Crippen MR) is 66.9 cm³/mol. The van der Waals surface area contributed by atoms with Crippen LogP contribution >= 0.6 is 23.6 Å². The maximum Gasteiger partial charge on any atom is 0.168 e. The lowest BCUT2D eigenvalue weighted by Gasteiger charge is -2.19. The lowest BCUT2D eigenvalue weighted by Crippen LogP contribution is -2.37. The molecule has 0 unspecified atom stereocenters. The first kappa shape index (κ1) is 11.5. The molecule has 0 bridgehead atoms. The van der Waals surface area contributed by atoms with Gasteiger partial charge < -0.3 is 10.2 Å². The number of thiophene rings is 1. The van der Waals surface area contributed by atoms with E-state index in [-0.39, 0.29) is 0 Å². The Hall–Kier alpha value is -0.610. The zero-order valence-corrected chi connectivity index (χ0v) is 10.3. The summed E-state index contributed by atoms with van der Waals surface area (Å²) in [7, 11) is 2.03. The van der Waals surface area contributed by atoms with Crippen molar-refractivity contribution in [1.29, 1.82) is 0 Å². The Balaban J connectivity index is 2.27. The van der Waals surface area contributed by atoms with Crippen molar-refractivity contribution >= 4 is 28.7 Å². The zero-order chi connectivity index (χ0) is 10.4. The third kappa shape index (κ3) is 3.64. The monoisotopic (exact) mass is 228 g/mol. The molecule has 1 rings (SSSR count). The maximum atomic E-state index is 5.19. The Kier molecular flexibility index (Phi) is 4.90. The normalized spacial score (nSPS) is 9.86. The molecule has 0 aliphatic carbocycles. The maximum absolute atomic E-state index is 5.19. The molecule has 1 N–H and O–H groups in total. The first-order chi connectivity index (χ1) is 6.74. The number of likely N-dealkylation sites (N-methyl/N-ethyl adjacent to an activating group) is 1. The second kappa shape index (κ2) is 5.98. The van der Waals surface area contributed by atoms with Crippen molar-refractivity contribution in [2.45, 2.75) is 13.3 Å². The summed E-state index contributed by atoms with van der Waals surface area (Å²) in [5, 5.41) is 6.08. The van der Waals surface area contributed by atoms with E-state index in [1.807, 2.05) is 7.05 Å². The van der Waals surface area contributed by atoms with Crippen LogP contribution in [0.15, 0.2) is 17.5 Å². The standard InChI is InChI=1S/C10H16N2S2/c1-3-11-10(13)12(2)7-6-9-5-4-8-14-9/h4-5,8H,3,6-7H2,1-2H3,(H,11,13). The van der Waals surface area contributed by atoms with Crippen molar-refractivity contribution in [1.82, 2.24) is 10.2 Å². The zero-order valence-electron chi connectivity index (χ0n) is 8.62. The van der Waals surface area contributed by atoms with E-state index in [9.17, 15) is 0 Å². The number of nitrogens with one attached hydrogen (secondary N) is 1. The highest BCUT2D eigenvalue weighted by Crippen LogP contribution is 2.09. The molecule has 0 radical (unpaired) electrons. The van der Waals surface area contributed by atoms with Crippen LogP contribution in [0.2, 0.25) is 0 Å². The topological polar surface area (TPSA) is 15.3 Å². The fourth-order valence-corrected chi connectivity index (χ4v) is 2.05. The summed E-state index contributed by atoms with van der Waals surface area (Å²) in [6.07, 6.45) is 1.07. The van der Waals surface area contributed by atoms with Gasteiger partial charge in [0.15, 0.2) is 5.11 Å². The van der Waals surface area contributed by atoms with Crippen molar-refractivity contribution in [3.63, 3.8) is 0 Å². The summed E-state index contributed by atoms with van der Waals surface area (Å²) in [5.74, 6) is 0. The van der Waals surface area contributed by atoms with Gasteiger partial charge in [-0.15, -0.1) is 11.3 Å². The molecule has 1 aromatic heterocycles. The molecule has 14 heavy (non-hydrogen) atoms. The summed E-state index contributed by atoms with van der Waals surface area (Å²) >= 11 is 6.99. The molecule has 0 amide bonds. The van der Waals surface area contributed by atoms with Gasteiger partial charge in [0, 0.05) is 25.0 Å². The van der Waals surface area contributed by atoms with Crippen LogP contribution in [-0.4, -0.2) is 30.1 Å². The molecule has 1 heterocycles. The summed E-state index contributed by atoms with van der Waals surface area (Å²) < 4.78 is 0. The van der Waals surface area contributed by atoms with Crippen LogP contribution < -0.4 is 5.32 Å². The molecular formula is C10H16N2S2. The van der Waals surface area contributed by atoms with Crippen LogP contribution in [0.1, 0.15) is 11.8 Å². The van der Waals surface area contributed by atoms with E-state index >= 15 is 0 Å². The van der Waals surface area contributed by atoms with Crippen LogP contribution in [0.4, 0.5) is 0 Å². The number of hydrogen-bond acceptors (Lipinski definition) is 2. The summed E-state index contributed by atoms with van der Waals surface area (Å²) in [6.45, 7) is 3.92. The third-order valence-corrected chi connectivity index (χ3v) is 3.34. The van der Waals surface area contributed by atoms with E-state index in [2.05, 4.69) is 34.7 Å². The molecule has 0 fully saturated rings. The number of nitrogens with zero attached hydrogens (tertiary/aromatic N) is 1. The first-order valence-electron chi connectivity index (χ1n) is 4.75. The van der Waals surface area contributed by atoms with E-state index in [4.69, 9.17) is 12.2 Å². The van der Waals surface area contributed by atoms with E-state index < -0.39 is 0 Å². The van der Waals surface area contributed by atoms with E-state index in [0.717, 1.165) is 24.6 Å². The molecule has 2 nitrogen and oxygen atoms in total. The van der Waals surface area contributed by atoms with E-state index in [0.29, 0.717) is 0 Å². The van der Waals surface area contributed by atoms with Gasteiger partial charge in [0.1, 0.15) is 0 Å².